The van der Waals surface area contributed by atoms with Gasteiger partial charge in [0.15, 0.2) is 0 Å². The topological polar surface area (TPSA) is 83.5 Å². The number of hydrogen-bond donors (Lipinski definition) is 2. The minimum Gasteiger partial charge on any atom is -0.481 e. The highest BCUT2D eigenvalue weighted by molar-refractivity contribution is 7.99. The summed E-state index contributed by atoms with van der Waals surface area (Å²) in [6.45, 7) is 3.84. The van der Waals surface area contributed by atoms with Crippen molar-refractivity contribution in [1.29, 1.82) is 0 Å². The highest BCUT2D eigenvalue weighted by Gasteiger charge is 2.17. The van der Waals surface area contributed by atoms with Crippen LogP contribution in [0.5, 0.6) is 0 Å². The molecule has 0 aliphatic carbocycles. The molecule has 0 bridgehead atoms. The predicted molar refractivity (Wildman–Crippen MR) is 80.6 cm³/mol. The minimum absolute atomic E-state index is 0.114. The lowest BCUT2D eigenvalue weighted by Crippen LogP contribution is -2.34. The first kappa shape index (κ1) is 17.0. The summed E-state index contributed by atoms with van der Waals surface area (Å²) in [5, 5.41) is 8.66. The van der Waals surface area contributed by atoms with Crippen molar-refractivity contribution in [2.24, 2.45) is 0 Å². The summed E-state index contributed by atoms with van der Waals surface area (Å²) in [4.78, 5) is 10.7. The monoisotopic (exact) mass is 317 g/mol. The maximum atomic E-state index is 12.1. The molecule has 0 aromatic heterocycles. The number of rotatable bonds is 8. The van der Waals surface area contributed by atoms with Gasteiger partial charge in [-0.1, -0.05) is 19.1 Å². The number of aliphatic carboxylic acids is 1. The first-order chi connectivity index (χ1) is 9.35. The van der Waals surface area contributed by atoms with Gasteiger partial charge in [-0.05, 0) is 30.4 Å². The molecule has 0 amide bonds. The molecule has 5 nitrogen and oxygen atoms in total. The molecule has 1 aromatic rings. The Balaban J connectivity index is 2.74. The third-order valence-electron chi connectivity index (χ3n) is 2.52. The second-order valence-corrected chi connectivity index (χ2v) is 7.43. The largest absolute Gasteiger partial charge is 0.481 e. The lowest BCUT2D eigenvalue weighted by molar-refractivity contribution is -0.136. The summed E-state index contributed by atoms with van der Waals surface area (Å²) >= 11 is 1.67. The van der Waals surface area contributed by atoms with E-state index in [0.717, 1.165) is 5.75 Å². The Morgan fingerprint density at radius 2 is 1.95 bits per heavy atom. The zero-order chi connectivity index (χ0) is 15.2. The van der Waals surface area contributed by atoms with E-state index in [1.807, 2.05) is 13.8 Å². The van der Waals surface area contributed by atoms with Crippen LogP contribution in [0.15, 0.2) is 29.2 Å². The molecule has 0 aliphatic rings. The summed E-state index contributed by atoms with van der Waals surface area (Å²) < 4.78 is 26.8. The van der Waals surface area contributed by atoms with Gasteiger partial charge in [-0.25, -0.2) is 13.1 Å². The van der Waals surface area contributed by atoms with Crippen molar-refractivity contribution >= 4 is 27.8 Å². The summed E-state index contributed by atoms with van der Waals surface area (Å²) in [7, 11) is -3.55. The number of carbonyl (C=O) groups is 1. The minimum atomic E-state index is -3.55. The molecule has 1 atom stereocenters. The van der Waals surface area contributed by atoms with Crippen molar-refractivity contribution in [3.05, 3.63) is 29.8 Å². The van der Waals surface area contributed by atoms with Crippen LogP contribution in [0, 0.1) is 0 Å². The molecule has 0 aliphatic heterocycles. The number of sulfonamides is 1. The zero-order valence-electron chi connectivity index (χ0n) is 11.5. The van der Waals surface area contributed by atoms with E-state index in [1.165, 1.54) is 24.3 Å². The Kier molecular flexibility index (Phi) is 6.51. The lowest BCUT2D eigenvalue weighted by Gasteiger charge is -2.13. The SMILES string of the molecule is CCSCC(C)NS(=O)(=O)c1ccc(CC(=O)O)cc1. The molecule has 20 heavy (non-hydrogen) atoms. The number of carboxylic acids is 1. The van der Waals surface area contributed by atoms with E-state index < -0.39 is 16.0 Å². The molecule has 0 saturated carbocycles. The van der Waals surface area contributed by atoms with E-state index in [2.05, 4.69) is 4.72 Å². The Bertz CT molecular complexity index is 540. The average Bonchev–Trinajstić information content (AvgIpc) is 2.35. The van der Waals surface area contributed by atoms with Crippen LogP contribution in [0.4, 0.5) is 0 Å². The van der Waals surface area contributed by atoms with Gasteiger partial charge in [0.1, 0.15) is 0 Å². The van der Waals surface area contributed by atoms with Crippen molar-refractivity contribution in [2.45, 2.75) is 31.2 Å². The Morgan fingerprint density at radius 3 is 2.45 bits per heavy atom. The van der Waals surface area contributed by atoms with E-state index >= 15 is 0 Å². The van der Waals surface area contributed by atoms with Crippen molar-refractivity contribution < 1.29 is 18.3 Å². The second kappa shape index (κ2) is 7.66. The molecule has 2 N–H and O–H groups in total. The molecule has 0 spiro atoms. The van der Waals surface area contributed by atoms with Crippen molar-refractivity contribution in [3.63, 3.8) is 0 Å². The van der Waals surface area contributed by atoms with Crippen LogP contribution >= 0.6 is 11.8 Å². The molecule has 0 heterocycles. The van der Waals surface area contributed by atoms with Crippen LogP contribution in [0.3, 0.4) is 0 Å². The van der Waals surface area contributed by atoms with Gasteiger partial charge in [0.05, 0.1) is 11.3 Å². The van der Waals surface area contributed by atoms with E-state index in [0.29, 0.717) is 11.3 Å². The standard InChI is InChI=1S/C13H19NO4S2/c1-3-19-9-10(2)14-20(17,18)12-6-4-11(5-7-12)8-13(15)16/h4-7,10,14H,3,8-9H2,1-2H3,(H,15,16). The summed E-state index contributed by atoms with van der Waals surface area (Å²) in [5.74, 6) is 0.715. The molecule has 7 heteroatoms. The Hall–Kier alpha value is -1.05. The first-order valence-electron chi connectivity index (χ1n) is 6.26. The fourth-order valence-corrected chi connectivity index (χ4v) is 3.64. The normalized spacial score (nSPS) is 13.1. The van der Waals surface area contributed by atoms with Gasteiger partial charge in [0.2, 0.25) is 10.0 Å². The molecule has 0 fully saturated rings. The van der Waals surface area contributed by atoms with Crippen LogP contribution < -0.4 is 4.72 Å². The summed E-state index contributed by atoms with van der Waals surface area (Å²) in [6, 6.07) is 5.76. The molecule has 112 valence electrons. The maximum Gasteiger partial charge on any atom is 0.307 e. The number of benzene rings is 1. The highest BCUT2D eigenvalue weighted by atomic mass is 32.2. The zero-order valence-corrected chi connectivity index (χ0v) is 13.1. The fourth-order valence-electron chi connectivity index (χ4n) is 1.62. The van der Waals surface area contributed by atoms with Crippen molar-refractivity contribution in [1.82, 2.24) is 4.72 Å². The molecule has 1 unspecified atom stereocenters. The van der Waals surface area contributed by atoms with Gasteiger partial charge in [-0.2, -0.15) is 11.8 Å². The second-order valence-electron chi connectivity index (χ2n) is 4.40. The Morgan fingerprint density at radius 1 is 1.35 bits per heavy atom. The van der Waals surface area contributed by atoms with Gasteiger partial charge in [-0.3, -0.25) is 4.79 Å². The summed E-state index contributed by atoms with van der Waals surface area (Å²) in [6.07, 6.45) is -0.114. The quantitative estimate of drug-likeness (QED) is 0.763. The van der Waals surface area contributed by atoms with Gasteiger partial charge in [0, 0.05) is 11.8 Å². The van der Waals surface area contributed by atoms with E-state index in [9.17, 15) is 13.2 Å². The predicted octanol–water partition coefficient (Wildman–Crippen LogP) is 1.73. The Labute approximate surface area is 123 Å². The number of carboxylic acid groups (broad SMARTS) is 1. The van der Waals surface area contributed by atoms with Crippen LogP contribution in [-0.4, -0.2) is 37.0 Å². The number of nitrogens with one attached hydrogen (secondary N) is 1. The van der Waals surface area contributed by atoms with E-state index in [-0.39, 0.29) is 17.4 Å². The average molecular weight is 317 g/mol. The van der Waals surface area contributed by atoms with Gasteiger partial charge < -0.3 is 5.11 Å². The van der Waals surface area contributed by atoms with Gasteiger partial charge in [-0.15, -0.1) is 0 Å². The van der Waals surface area contributed by atoms with E-state index in [4.69, 9.17) is 5.11 Å². The van der Waals surface area contributed by atoms with Crippen molar-refractivity contribution in [2.75, 3.05) is 11.5 Å². The molecule has 0 saturated heterocycles. The lowest BCUT2D eigenvalue weighted by atomic mass is 10.2. The van der Waals surface area contributed by atoms with Gasteiger partial charge in [0.25, 0.3) is 0 Å². The van der Waals surface area contributed by atoms with E-state index in [1.54, 1.807) is 11.8 Å². The number of thioether (sulfide) groups is 1. The third-order valence-corrected chi connectivity index (χ3v) is 5.27. The fraction of sp³-hybridized carbons (Fsp3) is 0.462. The summed E-state index contributed by atoms with van der Waals surface area (Å²) in [5.41, 5.74) is 0.575. The van der Waals surface area contributed by atoms with Gasteiger partial charge >= 0.3 is 5.97 Å². The molecule has 0 radical (unpaired) electrons. The smallest absolute Gasteiger partial charge is 0.307 e. The van der Waals surface area contributed by atoms with Crippen LogP contribution in [0.1, 0.15) is 19.4 Å². The molecular weight excluding hydrogens is 298 g/mol. The maximum absolute atomic E-state index is 12.1. The van der Waals surface area contributed by atoms with Crippen molar-refractivity contribution in [3.8, 4) is 0 Å². The molecule has 1 rings (SSSR count). The number of hydrogen-bond acceptors (Lipinski definition) is 4. The third kappa shape index (κ3) is 5.52. The first-order valence-corrected chi connectivity index (χ1v) is 8.89. The molecule has 1 aromatic carbocycles. The molecular formula is C13H19NO4S2. The van der Waals surface area contributed by atoms with Crippen LogP contribution in [-0.2, 0) is 21.2 Å². The van der Waals surface area contributed by atoms with Crippen LogP contribution in [0.2, 0.25) is 0 Å². The van der Waals surface area contributed by atoms with Crippen LogP contribution in [0.25, 0.3) is 0 Å². The highest BCUT2D eigenvalue weighted by Crippen LogP contribution is 2.12.